The second-order valence-electron chi connectivity index (χ2n) is 3.71. The largest absolute Gasteiger partial charge is 0.483 e. The van der Waals surface area contributed by atoms with E-state index in [1.165, 1.54) is 11.8 Å². The van der Waals surface area contributed by atoms with E-state index in [0.717, 1.165) is 22.0 Å². The normalized spacial score (nSPS) is 10.2. The molecule has 0 spiro atoms. The summed E-state index contributed by atoms with van der Waals surface area (Å²) in [5.41, 5.74) is 2.59. The zero-order valence-electron chi connectivity index (χ0n) is 10.8. The Morgan fingerprint density at radius 3 is 2.68 bits per heavy atom. The molecule has 0 fully saturated rings. The molecule has 0 saturated carbocycles. The van der Waals surface area contributed by atoms with Crippen molar-refractivity contribution in [2.75, 3.05) is 12.9 Å². The van der Waals surface area contributed by atoms with E-state index in [0.29, 0.717) is 11.7 Å². The third-order valence-corrected chi connectivity index (χ3v) is 3.39. The van der Waals surface area contributed by atoms with Gasteiger partial charge in [0, 0.05) is 11.8 Å². The van der Waals surface area contributed by atoms with Crippen molar-refractivity contribution < 1.29 is 4.74 Å². The Morgan fingerprint density at radius 2 is 2.05 bits per heavy atom. The van der Waals surface area contributed by atoms with Crippen molar-refractivity contribution in [3.63, 3.8) is 0 Å². The molecule has 0 aliphatic rings. The molecule has 2 aromatic rings. The number of aromatic nitrogens is 2. The quantitative estimate of drug-likeness (QED) is 0.488. The zero-order valence-corrected chi connectivity index (χ0v) is 12.4. The highest BCUT2D eigenvalue weighted by molar-refractivity contribution is 7.98. The van der Waals surface area contributed by atoms with Crippen molar-refractivity contribution in [3.8, 4) is 11.3 Å². The second-order valence-corrected chi connectivity index (χ2v) is 4.85. The van der Waals surface area contributed by atoms with Crippen LogP contribution in [-0.4, -0.2) is 27.9 Å². The van der Waals surface area contributed by atoms with Crippen LogP contribution in [-0.2, 0) is 4.74 Å². The van der Waals surface area contributed by atoms with E-state index in [1.807, 2.05) is 43.5 Å². The van der Waals surface area contributed by atoms with Crippen LogP contribution >= 0.6 is 24.0 Å². The van der Waals surface area contributed by atoms with E-state index in [2.05, 4.69) is 9.97 Å². The van der Waals surface area contributed by atoms with Crippen LogP contribution in [0.5, 0.6) is 0 Å². The maximum absolute atomic E-state index is 5.41. The molecule has 98 valence electrons. The Hall–Kier alpha value is -1.46. The average molecular weight is 290 g/mol. The number of ether oxygens (including phenoxy) is 1. The van der Waals surface area contributed by atoms with Crippen LogP contribution in [0.2, 0.25) is 0 Å². The Kier molecular flexibility index (Phi) is 4.87. The van der Waals surface area contributed by atoms with Crippen molar-refractivity contribution in [1.29, 1.82) is 0 Å². The molecule has 0 radical (unpaired) electrons. The molecule has 0 unspecified atom stereocenters. The van der Waals surface area contributed by atoms with Crippen LogP contribution in [0.25, 0.3) is 11.3 Å². The Balaban J connectivity index is 2.52. The van der Waals surface area contributed by atoms with Gasteiger partial charge in [0.25, 0.3) is 0 Å². The lowest BCUT2D eigenvalue weighted by molar-refractivity contribution is 0.337. The fourth-order valence-corrected chi connectivity index (χ4v) is 2.25. The summed E-state index contributed by atoms with van der Waals surface area (Å²) in [6.07, 6.45) is 3.68. The van der Waals surface area contributed by atoms with E-state index < -0.39 is 0 Å². The van der Waals surface area contributed by atoms with Crippen molar-refractivity contribution >= 4 is 29.0 Å². The van der Waals surface area contributed by atoms with E-state index in [1.54, 1.807) is 6.20 Å². The van der Waals surface area contributed by atoms with Crippen molar-refractivity contribution in [2.24, 2.45) is 0 Å². The predicted octanol–water partition coefficient (Wildman–Crippen LogP) is 3.58. The molecule has 0 bridgehead atoms. The summed E-state index contributed by atoms with van der Waals surface area (Å²) in [4.78, 5) is 8.82. The van der Waals surface area contributed by atoms with Crippen molar-refractivity contribution in [2.45, 2.75) is 12.1 Å². The van der Waals surface area contributed by atoms with E-state index in [-0.39, 0.29) is 0 Å². The lowest BCUT2D eigenvalue weighted by atomic mass is 10.1. The lowest BCUT2D eigenvalue weighted by Crippen LogP contribution is -2.08. The van der Waals surface area contributed by atoms with Crippen LogP contribution in [0, 0.1) is 0 Å². The first kappa shape index (κ1) is 14.0. The molecule has 3 nitrogen and oxygen atoms in total. The summed E-state index contributed by atoms with van der Waals surface area (Å²) in [5.74, 6) is 0. The molecule has 5 heteroatoms. The zero-order chi connectivity index (χ0) is 13.7. The smallest absolute Gasteiger partial charge is 0.194 e. The molecular weight excluding hydrogens is 276 g/mol. The van der Waals surface area contributed by atoms with Gasteiger partial charge in [-0.25, -0.2) is 9.97 Å². The van der Waals surface area contributed by atoms with Gasteiger partial charge in [-0.15, -0.1) is 0 Å². The number of hydrogen-bond donors (Lipinski definition) is 0. The molecule has 0 atom stereocenters. The summed E-state index contributed by atoms with van der Waals surface area (Å²) in [6.45, 7) is 2.45. The van der Waals surface area contributed by atoms with Crippen LogP contribution in [0.4, 0.5) is 0 Å². The number of nitrogens with zero attached hydrogens (tertiary/aromatic N) is 2. The average Bonchev–Trinajstić information content (AvgIpc) is 2.47. The molecule has 0 saturated heterocycles. The summed E-state index contributed by atoms with van der Waals surface area (Å²) in [5, 5.41) is 1.16. The highest BCUT2D eigenvalue weighted by Gasteiger charge is 2.13. The molecule has 19 heavy (non-hydrogen) atoms. The monoisotopic (exact) mass is 290 g/mol. The minimum Gasteiger partial charge on any atom is -0.483 e. The van der Waals surface area contributed by atoms with E-state index in [9.17, 15) is 0 Å². The Morgan fingerprint density at radius 1 is 1.32 bits per heavy atom. The number of thiocarbonyl (C=S) groups is 1. The van der Waals surface area contributed by atoms with Crippen LogP contribution in [0.15, 0.2) is 41.7 Å². The Labute approximate surface area is 122 Å². The van der Waals surface area contributed by atoms with Crippen LogP contribution in [0.3, 0.4) is 0 Å². The van der Waals surface area contributed by atoms with Gasteiger partial charge in [0.1, 0.15) is 0 Å². The highest BCUT2D eigenvalue weighted by atomic mass is 32.2. The number of hydrogen-bond acceptors (Lipinski definition) is 5. The predicted molar refractivity (Wildman–Crippen MR) is 82.6 cm³/mol. The molecular formula is C14H14N2OS2. The SMILES string of the molecule is CCOC(=S)c1cnc(SC)nc1-c1ccccc1. The molecule has 1 aromatic heterocycles. The fourth-order valence-electron chi connectivity index (χ4n) is 1.64. The summed E-state index contributed by atoms with van der Waals surface area (Å²) >= 11 is 6.78. The van der Waals surface area contributed by atoms with Crippen LogP contribution < -0.4 is 0 Å². The van der Waals surface area contributed by atoms with Gasteiger partial charge in [0.15, 0.2) is 10.2 Å². The number of benzene rings is 1. The molecule has 0 amide bonds. The fraction of sp³-hybridized carbons (Fsp3) is 0.214. The third-order valence-electron chi connectivity index (χ3n) is 2.49. The first-order valence-electron chi connectivity index (χ1n) is 5.89. The molecule has 0 aliphatic carbocycles. The van der Waals surface area contributed by atoms with Gasteiger partial charge in [-0.3, -0.25) is 0 Å². The minimum absolute atomic E-state index is 0.439. The minimum atomic E-state index is 0.439. The molecule has 0 N–H and O–H groups in total. The van der Waals surface area contributed by atoms with Gasteiger partial charge in [-0.1, -0.05) is 42.1 Å². The summed E-state index contributed by atoms with van der Waals surface area (Å²) in [6, 6.07) is 9.93. The number of thioether (sulfide) groups is 1. The van der Waals surface area contributed by atoms with Gasteiger partial charge in [-0.2, -0.15) is 0 Å². The lowest BCUT2D eigenvalue weighted by Gasteiger charge is -2.10. The first-order chi connectivity index (χ1) is 9.26. The van der Waals surface area contributed by atoms with E-state index in [4.69, 9.17) is 17.0 Å². The van der Waals surface area contributed by atoms with Crippen LogP contribution in [0.1, 0.15) is 12.5 Å². The highest BCUT2D eigenvalue weighted by Crippen LogP contribution is 2.24. The third kappa shape index (κ3) is 3.30. The van der Waals surface area contributed by atoms with Gasteiger partial charge in [-0.05, 0) is 25.4 Å². The number of rotatable bonds is 4. The van der Waals surface area contributed by atoms with Gasteiger partial charge < -0.3 is 4.74 Å². The van der Waals surface area contributed by atoms with Gasteiger partial charge in [0.2, 0.25) is 0 Å². The Bertz CT molecular complexity index is 573. The van der Waals surface area contributed by atoms with Gasteiger partial charge >= 0.3 is 0 Å². The summed E-state index contributed by atoms with van der Waals surface area (Å²) < 4.78 is 5.41. The standard InChI is InChI=1S/C14H14N2OS2/c1-3-17-13(18)11-9-15-14(19-2)16-12(11)10-7-5-4-6-8-10/h4-9H,3H2,1-2H3. The second kappa shape index (κ2) is 6.63. The van der Waals surface area contributed by atoms with E-state index >= 15 is 0 Å². The topological polar surface area (TPSA) is 35.0 Å². The maximum atomic E-state index is 5.41. The maximum Gasteiger partial charge on any atom is 0.194 e. The van der Waals surface area contributed by atoms with Gasteiger partial charge in [0.05, 0.1) is 17.9 Å². The first-order valence-corrected chi connectivity index (χ1v) is 7.53. The van der Waals surface area contributed by atoms with Crippen molar-refractivity contribution in [3.05, 3.63) is 42.1 Å². The summed E-state index contributed by atoms with van der Waals surface area (Å²) in [7, 11) is 0. The molecule has 2 rings (SSSR count). The molecule has 0 aliphatic heterocycles. The molecule has 1 heterocycles. The van der Waals surface area contributed by atoms with Crippen molar-refractivity contribution in [1.82, 2.24) is 9.97 Å². The molecule has 1 aromatic carbocycles.